The Bertz CT molecular complexity index is 556. The predicted octanol–water partition coefficient (Wildman–Crippen LogP) is 1.23. The van der Waals surface area contributed by atoms with E-state index in [2.05, 4.69) is 10.1 Å². The molecule has 0 amide bonds. The Labute approximate surface area is 116 Å². The molecule has 0 aliphatic heterocycles. The first-order valence-corrected chi connectivity index (χ1v) is 6.19. The van der Waals surface area contributed by atoms with Gasteiger partial charge in [-0.05, 0) is 18.2 Å². The van der Waals surface area contributed by atoms with Gasteiger partial charge in [-0.25, -0.2) is 0 Å². The summed E-state index contributed by atoms with van der Waals surface area (Å²) in [7, 11) is 1.62. The number of hydrogen-bond acceptors (Lipinski definition) is 7. The van der Waals surface area contributed by atoms with Crippen molar-refractivity contribution in [2.75, 3.05) is 32.7 Å². The maximum absolute atomic E-state index is 9.36. The molecular formula is C13H17N3O4. The number of nitrogens with two attached hydrogens (primary N) is 1. The van der Waals surface area contributed by atoms with Gasteiger partial charge in [-0.2, -0.15) is 4.98 Å². The molecule has 7 heteroatoms. The van der Waals surface area contributed by atoms with Crippen molar-refractivity contribution in [2.45, 2.75) is 6.42 Å². The lowest BCUT2D eigenvalue weighted by Gasteiger charge is -2.00. The molecule has 2 aromatic rings. The van der Waals surface area contributed by atoms with E-state index < -0.39 is 0 Å². The van der Waals surface area contributed by atoms with Crippen molar-refractivity contribution in [3.63, 3.8) is 0 Å². The number of phenols is 1. The van der Waals surface area contributed by atoms with Gasteiger partial charge < -0.3 is 24.8 Å². The molecular weight excluding hydrogens is 262 g/mol. The first kappa shape index (κ1) is 14.3. The van der Waals surface area contributed by atoms with Crippen LogP contribution in [0.4, 0.5) is 5.69 Å². The van der Waals surface area contributed by atoms with Gasteiger partial charge in [0.05, 0.1) is 25.5 Å². The predicted molar refractivity (Wildman–Crippen MR) is 72.2 cm³/mol. The fraction of sp³-hybridized carbons (Fsp3) is 0.385. The smallest absolute Gasteiger partial charge is 0.258 e. The summed E-state index contributed by atoms with van der Waals surface area (Å²) in [5.74, 6) is 0.952. The first-order chi connectivity index (χ1) is 9.70. The quantitative estimate of drug-likeness (QED) is 0.446. The molecule has 1 aromatic carbocycles. The number of methoxy groups -OCH3 is 1. The van der Waals surface area contributed by atoms with Gasteiger partial charge in [-0.3, -0.25) is 0 Å². The average molecular weight is 279 g/mol. The Hall–Kier alpha value is -2.12. The normalized spacial score (nSPS) is 10.8. The highest BCUT2D eigenvalue weighted by Crippen LogP contribution is 2.26. The van der Waals surface area contributed by atoms with Crippen LogP contribution in [0.15, 0.2) is 22.7 Å². The molecule has 3 N–H and O–H groups in total. The molecule has 0 aliphatic rings. The van der Waals surface area contributed by atoms with Crippen LogP contribution in [0.5, 0.6) is 5.75 Å². The average Bonchev–Trinajstić information content (AvgIpc) is 2.90. The number of nitrogen functional groups attached to an aromatic ring is 1. The van der Waals surface area contributed by atoms with Crippen LogP contribution in [0.3, 0.4) is 0 Å². The van der Waals surface area contributed by atoms with Crippen molar-refractivity contribution in [1.82, 2.24) is 10.1 Å². The molecule has 0 bridgehead atoms. The number of aromatic nitrogens is 2. The van der Waals surface area contributed by atoms with Gasteiger partial charge in [0.15, 0.2) is 5.82 Å². The van der Waals surface area contributed by atoms with Crippen molar-refractivity contribution in [3.05, 3.63) is 24.0 Å². The molecule has 2 rings (SSSR count). The number of rotatable bonds is 7. The zero-order chi connectivity index (χ0) is 14.4. The van der Waals surface area contributed by atoms with E-state index in [0.717, 1.165) is 0 Å². The van der Waals surface area contributed by atoms with E-state index in [9.17, 15) is 5.11 Å². The van der Waals surface area contributed by atoms with Crippen LogP contribution in [-0.4, -0.2) is 42.2 Å². The van der Waals surface area contributed by atoms with E-state index in [0.29, 0.717) is 43.5 Å². The Morgan fingerprint density at radius 1 is 1.30 bits per heavy atom. The van der Waals surface area contributed by atoms with Gasteiger partial charge >= 0.3 is 0 Å². The van der Waals surface area contributed by atoms with E-state index in [1.807, 2.05) is 0 Å². The lowest BCUT2D eigenvalue weighted by atomic mass is 10.2. The number of phenolic OH excluding ortho intramolecular Hbond substituents is 1. The number of nitrogens with zero attached hydrogens (tertiary/aromatic N) is 2. The number of hydrogen-bond donors (Lipinski definition) is 2. The summed E-state index contributed by atoms with van der Waals surface area (Å²) in [6, 6.07) is 4.74. The lowest BCUT2D eigenvalue weighted by molar-refractivity contribution is 0.0714. The van der Waals surface area contributed by atoms with Gasteiger partial charge in [0.25, 0.3) is 5.89 Å². The van der Waals surface area contributed by atoms with E-state index >= 15 is 0 Å². The Kier molecular flexibility index (Phi) is 4.91. The zero-order valence-electron chi connectivity index (χ0n) is 11.2. The summed E-state index contributed by atoms with van der Waals surface area (Å²) in [6.07, 6.45) is 0.556. The highest BCUT2D eigenvalue weighted by molar-refractivity contribution is 5.64. The molecule has 1 aromatic heterocycles. The van der Waals surface area contributed by atoms with Crippen molar-refractivity contribution < 1.29 is 19.1 Å². The topological polar surface area (TPSA) is 104 Å². The SMILES string of the molecule is COCCOCCc1noc(-c2ccc(O)c(N)c2)n1. The summed E-state index contributed by atoms with van der Waals surface area (Å²) in [4.78, 5) is 4.24. The lowest BCUT2D eigenvalue weighted by Crippen LogP contribution is -2.05. The third-order valence-corrected chi connectivity index (χ3v) is 2.64. The van der Waals surface area contributed by atoms with Crippen molar-refractivity contribution in [1.29, 1.82) is 0 Å². The third-order valence-electron chi connectivity index (χ3n) is 2.64. The maximum atomic E-state index is 9.36. The van der Waals surface area contributed by atoms with Crippen LogP contribution in [0.1, 0.15) is 5.82 Å². The summed E-state index contributed by atoms with van der Waals surface area (Å²) < 4.78 is 15.3. The van der Waals surface area contributed by atoms with Gasteiger partial charge in [0.1, 0.15) is 5.75 Å². The van der Waals surface area contributed by atoms with E-state index in [4.69, 9.17) is 19.7 Å². The van der Waals surface area contributed by atoms with Crippen LogP contribution in [0.2, 0.25) is 0 Å². The zero-order valence-corrected chi connectivity index (χ0v) is 11.2. The second-order valence-electron chi connectivity index (χ2n) is 4.14. The van der Waals surface area contributed by atoms with Crippen LogP contribution in [0, 0.1) is 0 Å². The minimum Gasteiger partial charge on any atom is -0.506 e. The van der Waals surface area contributed by atoms with Crippen LogP contribution < -0.4 is 5.73 Å². The first-order valence-electron chi connectivity index (χ1n) is 6.19. The van der Waals surface area contributed by atoms with E-state index in [1.165, 1.54) is 6.07 Å². The molecule has 0 spiro atoms. The van der Waals surface area contributed by atoms with E-state index in [1.54, 1.807) is 19.2 Å². The number of anilines is 1. The van der Waals surface area contributed by atoms with Crippen LogP contribution in [0.25, 0.3) is 11.5 Å². The molecule has 0 saturated heterocycles. The van der Waals surface area contributed by atoms with Crippen LogP contribution in [-0.2, 0) is 15.9 Å². The largest absolute Gasteiger partial charge is 0.506 e. The second kappa shape index (κ2) is 6.88. The summed E-state index contributed by atoms with van der Waals surface area (Å²) >= 11 is 0. The van der Waals surface area contributed by atoms with Gasteiger partial charge in [0.2, 0.25) is 0 Å². The Morgan fingerprint density at radius 2 is 2.15 bits per heavy atom. The molecule has 20 heavy (non-hydrogen) atoms. The minimum atomic E-state index is 0.0278. The molecule has 0 aliphatic carbocycles. The number of ether oxygens (including phenoxy) is 2. The molecule has 0 unspecified atom stereocenters. The minimum absolute atomic E-state index is 0.0278. The van der Waals surface area contributed by atoms with E-state index in [-0.39, 0.29) is 11.4 Å². The summed E-state index contributed by atoms with van der Waals surface area (Å²) in [6.45, 7) is 1.60. The molecule has 108 valence electrons. The fourth-order valence-corrected chi connectivity index (χ4v) is 1.57. The molecule has 0 fully saturated rings. The highest BCUT2D eigenvalue weighted by Gasteiger charge is 2.10. The highest BCUT2D eigenvalue weighted by atomic mass is 16.5. The van der Waals surface area contributed by atoms with Crippen molar-refractivity contribution >= 4 is 5.69 Å². The Balaban J connectivity index is 1.93. The monoisotopic (exact) mass is 279 g/mol. The fourth-order valence-electron chi connectivity index (χ4n) is 1.57. The van der Waals surface area contributed by atoms with Gasteiger partial charge in [-0.15, -0.1) is 0 Å². The molecule has 0 radical (unpaired) electrons. The standard InChI is InChI=1S/C13H17N3O4/c1-18-6-7-19-5-4-12-15-13(20-16-12)9-2-3-11(17)10(14)8-9/h2-3,8,17H,4-7,14H2,1H3. The van der Waals surface area contributed by atoms with Crippen LogP contribution >= 0.6 is 0 Å². The van der Waals surface area contributed by atoms with Crippen molar-refractivity contribution in [3.8, 4) is 17.2 Å². The van der Waals surface area contributed by atoms with Gasteiger partial charge in [-0.1, -0.05) is 5.16 Å². The van der Waals surface area contributed by atoms with Gasteiger partial charge in [0, 0.05) is 19.1 Å². The third kappa shape index (κ3) is 3.69. The maximum Gasteiger partial charge on any atom is 0.258 e. The molecule has 7 nitrogen and oxygen atoms in total. The molecule has 1 heterocycles. The molecule has 0 atom stereocenters. The number of aromatic hydroxyl groups is 1. The van der Waals surface area contributed by atoms with Crippen molar-refractivity contribution in [2.24, 2.45) is 0 Å². The Morgan fingerprint density at radius 3 is 2.90 bits per heavy atom. The summed E-state index contributed by atoms with van der Waals surface area (Å²) in [5, 5.41) is 13.2. The molecule has 0 saturated carbocycles. The second-order valence-corrected chi connectivity index (χ2v) is 4.14. The summed E-state index contributed by atoms with van der Waals surface area (Å²) in [5.41, 5.74) is 6.55. The number of benzene rings is 1.